The van der Waals surface area contributed by atoms with Gasteiger partial charge in [-0.3, -0.25) is 9.78 Å². The maximum Gasteiger partial charge on any atom is 0.274 e. The zero-order valence-electron chi connectivity index (χ0n) is 18.1. The average Bonchev–Trinajstić information content (AvgIpc) is 3.23. The molecule has 1 aliphatic heterocycles. The van der Waals surface area contributed by atoms with Crippen molar-refractivity contribution in [1.29, 1.82) is 0 Å². The van der Waals surface area contributed by atoms with Gasteiger partial charge in [0, 0.05) is 35.3 Å². The zero-order valence-corrected chi connectivity index (χ0v) is 18.9. The van der Waals surface area contributed by atoms with Gasteiger partial charge >= 0.3 is 0 Å². The van der Waals surface area contributed by atoms with Gasteiger partial charge in [-0.25, -0.2) is 9.97 Å². The molecule has 7 nitrogen and oxygen atoms in total. The van der Waals surface area contributed by atoms with Gasteiger partial charge in [0.2, 0.25) is 0 Å². The van der Waals surface area contributed by atoms with E-state index in [1.807, 2.05) is 55.6 Å². The van der Waals surface area contributed by atoms with Gasteiger partial charge in [0.15, 0.2) is 11.5 Å². The fourth-order valence-corrected chi connectivity index (χ4v) is 4.48. The Morgan fingerprint density at radius 2 is 1.88 bits per heavy atom. The Morgan fingerprint density at radius 1 is 1.09 bits per heavy atom. The Morgan fingerprint density at radius 3 is 2.64 bits per heavy atom. The van der Waals surface area contributed by atoms with E-state index in [2.05, 4.69) is 20.2 Å². The molecule has 4 aromatic rings. The van der Waals surface area contributed by atoms with Crippen LogP contribution in [0, 0.1) is 0 Å². The van der Waals surface area contributed by atoms with E-state index in [0.717, 1.165) is 36.0 Å². The van der Waals surface area contributed by atoms with Crippen LogP contribution in [0.2, 0.25) is 5.02 Å². The number of pyridine rings is 1. The molecule has 2 aromatic carbocycles. The molecular weight excluding hydrogens is 436 g/mol. The van der Waals surface area contributed by atoms with Crippen LogP contribution in [0.3, 0.4) is 0 Å². The minimum absolute atomic E-state index is 0.0575. The molecule has 0 radical (unpaired) electrons. The maximum atomic E-state index is 13.1. The van der Waals surface area contributed by atoms with Crippen LogP contribution in [0.5, 0.6) is 0 Å². The van der Waals surface area contributed by atoms with Crippen LogP contribution < -0.4 is 11.1 Å². The Hall–Kier alpha value is -3.55. The molecule has 166 valence electrons. The van der Waals surface area contributed by atoms with Crippen molar-refractivity contribution in [3.8, 4) is 22.5 Å². The van der Waals surface area contributed by atoms with Gasteiger partial charge in [-0.2, -0.15) is 0 Å². The first kappa shape index (κ1) is 21.3. The summed E-state index contributed by atoms with van der Waals surface area (Å²) in [6.07, 6.45) is 2.59. The summed E-state index contributed by atoms with van der Waals surface area (Å²) < 4.78 is 0. The SMILES string of the molecule is CN1CCC(NC(=O)c2nc(-c3cc(Cl)c4ncccc4c3)c(-c3ccccc3)nc2N)C1. The minimum atomic E-state index is -0.324. The van der Waals surface area contributed by atoms with Crippen LogP contribution in [0.1, 0.15) is 16.9 Å². The lowest BCUT2D eigenvalue weighted by Gasteiger charge is -2.16. The standard InChI is InChI=1S/C25H23ClN6O/c1-32-11-9-18(14-32)29-25(33)23-24(27)31-21(15-6-3-2-4-7-15)22(30-23)17-12-16-8-5-10-28-20(16)19(26)13-17/h2-8,10,12-13,18H,9,11,14H2,1H3,(H2,27,31)(H,29,33). The van der Waals surface area contributed by atoms with Gasteiger partial charge in [-0.15, -0.1) is 0 Å². The summed E-state index contributed by atoms with van der Waals surface area (Å²) in [6, 6.07) is 17.3. The molecule has 0 saturated carbocycles. The predicted octanol–water partition coefficient (Wildman–Crippen LogP) is 4.03. The molecule has 1 saturated heterocycles. The van der Waals surface area contributed by atoms with Crippen molar-refractivity contribution in [3.05, 3.63) is 71.5 Å². The highest BCUT2D eigenvalue weighted by molar-refractivity contribution is 6.35. The summed E-state index contributed by atoms with van der Waals surface area (Å²) in [5.74, 6) is -0.232. The highest BCUT2D eigenvalue weighted by atomic mass is 35.5. The molecule has 1 aliphatic rings. The number of nitrogen functional groups attached to an aromatic ring is 1. The Bertz CT molecular complexity index is 1340. The summed E-state index contributed by atoms with van der Waals surface area (Å²) in [4.78, 5) is 29.0. The summed E-state index contributed by atoms with van der Waals surface area (Å²) >= 11 is 6.55. The monoisotopic (exact) mass is 458 g/mol. The number of fused-ring (bicyclic) bond motifs is 1. The number of nitrogens with one attached hydrogen (secondary N) is 1. The number of halogens is 1. The van der Waals surface area contributed by atoms with E-state index in [0.29, 0.717) is 21.9 Å². The number of likely N-dealkylation sites (N-methyl/N-ethyl adjacent to an activating group) is 1. The smallest absolute Gasteiger partial charge is 0.274 e. The quantitative estimate of drug-likeness (QED) is 0.479. The van der Waals surface area contributed by atoms with Crippen LogP contribution >= 0.6 is 11.6 Å². The minimum Gasteiger partial charge on any atom is -0.382 e. The van der Waals surface area contributed by atoms with E-state index < -0.39 is 0 Å². The molecule has 0 bridgehead atoms. The lowest BCUT2D eigenvalue weighted by molar-refractivity contribution is 0.0934. The summed E-state index contributed by atoms with van der Waals surface area (Å²) in [6.45, 7) is 1.73. The van der Waals surface area contributed by atoms with Crippen LogP contribution in [0.4, 0.5) is 5.82 Å². The second kappa shape index (κ2) is 8.77. The number of likely N-dealkylation sites (tertiary alicyclic amines) is 1. The highest BCUT2D eigenvalue weighted by Crippen LogP contribution is 2.34. The van der Waals surface area contributed by atoms with E-state index in [-0.39, 0.29) is 23.5 Å². The van der Waals surface area contributed by atoms with Crippen molar-refractivity contribution in [1.82, 2.24) is 25.2 Å². The molecule has 2 aromatic heterocycles. The third-order valence-corrected chi connectivity index (χ3v) is 6.13. The van der Waals surface area contributed by atoms with Crippen molar-refractivity contribution in [2.75, 3.05) is 25.9 Å². The number of hydrogen-bond acceptors (Lipinski definition) is 6. The molecule has 1 amide bonds. The number of nitrogens with two attached hydrogens (primary N) is 1. The van der Waals surface area contributed by atoms with Crippen molar-refractivity contribution in [3.63, 3.8) is 0 Å². The molecule has 3 N–H and O–H groups in total. The van der Waals surface area contributed by atoms with Crippen LogP contribution in [-0.4, -0.2) is 51.9 Å². The predicted molar refractivity (Wildman–Crippen MR) is 131 cm³/mol. The zero-order chi connectivity index (χ0) is 22.9. The Labute approximate surface area is 196 Å². The van der Waals surface area contributed by atoms with E-state index >= 15 is 0 Å². The van der Waals surface area contributed by atoms with Crippen molar-refractivity contribution in [2.45, 2.75) is 12.5 Å². The van der Waals surface area contributed by atoms with Gasteiger partial charge in [0.05, 0.1) is 21.9 Å². The Balaban J connectivity index is 1.64. The molecule has 5 rings (SSSR count). The van der Waals surface area contributed by atoms with Gasteiger partial charge < -0.3 is 16.0 Å². The van der Waals surface area contributed by atoms with E-state index in [9.17, 15) is 4.79 Å². The summed E-state index contributed by atoms with van der Waals surface area (Å²) in [5.41, 5.74) is 9.77. The molecule has 0 aliphatic carbocycles. The fourth-order valence-electron chi connectivity index (χ4n) is 4.21. The van der Waals surface area contributed by atoms with E-state index in [4.69, 9.17) is 22.3 Å². The molecule has 33 heavy (non-hydrogen) atoms. The van der Waals surface area contributed by atoms with E-state index in [1.165, 1.54) is 0 Å². The normalized spacial score (nSPS) is 16.2. The third kappa shape index (κ3) is 4.25. The highest BCUT2D eigenvalue weighted by Gasteiger charge is 2.25. The first-order chi connectivity index (χ1) is 16.0. The number of amides is 1. The fraction of sp³-hybridized carbons (Fsp3) is 0.200. The number of nitrogens with zero attached hydrogens (tertiary/aromatic N) is 4. The maximum absolute atomic E-state index is 13.1. The number of rotatable bonds is 4. The lowest BCUT2D eigenvalue weighted by Crippen LogP contribution is -2.37. The molecule has 3 heterocycles. The molecule has 0 spiro atoms. The number of carbonyl (C=O) groups excluding carboxylic acids is 1. The van der Waals surface area contributed by atoms with E-state index in [1.54, 1.807) is 12.3 Å². The number of benzene rings is 2. The van der Waals surface area contributed by atoms with Crippen molar-refractivity contribution < 1.29 is 4.79 Å². The number of hydrogen-bond donors (Lipinski definition) is 2. The number of aromatic nitrogens is 3. The van der Waals surface area contributed by atoms with Gasteiger partial charge in [0.25, 0.3) is 5.91 Å². The molecule has 1 unspecified atom stereocenters. The molecule has 1 atom stereocenters. The van der Waals surface area contributed by atoms with Crippen LogP contribution in [0.15, 0.2) is 60.8 Å². The van der Waals surface area contributed by atoms with Gasteiger partial charge in [0.1, 0.15) is 0 Å². The first-order valence-electron chi connectivity index (χ1n) is 10.8. The number of anilines is 1. The van der Waals surface area contributed by atoms with Crippen molar-refractivity contribution >= 4 is 34.2 Å². The topological polar surface area (TPSA) is 97.0 Å². The first-order valence-corrected chi connectivity index (χ1v) is 11.1. The molecular formula is C25H23ClN6O. The number of carbonyl (C=O) groups is 1. The largest absolute Gasteiger partial charge is 0.382 e. The summed E-state index contributed by atoms with van der Waals surface area (Å²) in [7, 11) is 2.03. The Kier molecular flexibility index (Phi) is 5.66. The molecule has 1 fully saturated rings. The average molecular weight is 459 g/mol. The molecule has 8 heteroatoms. The van der Waals surface area contributed by atoms with Gasteiger partial charge in [-0.05, 0) is 38.2 Å². The second-order valence-electron chi connectivity index (χ2n) is 8.28. The van der Waals surface area contributed by atoms with Crippen LogP contribution in [0.25, 0.3) is 33.4 Å². The van der Waals surface area contributed by atoms with Crippen molar-refractivity contribution in [2.24, 2.45) is 0 Å². The second-order valence-corrected chi connectivity index (χ2v) is 8.68. The van der Waals surface area contributed by atoms with Crippen LogP contribution in [-0.2, 0) is 0 Å². The lowest BCUT2D eigenvalue weighted by atomic mass is 10.0. The third-order valence-electron chi connectivity index (χ3n) is 5.84. The van der Waals surface area contributed by atoms with Gasteiger partial charge in [-0.1, -0.05) is 48.0 Å². The summed E-state index contributed by atoms with van der Waals surface area (Å²) in [5, 5.41) is 4.42.